The van der Waals surface area contributed by atoms with E-state index in [1.165, 1.54) is 8.87 Å². The van der Waals surface area contributed by atoms with Crippen LogP contribution in [0.25, 0.3) is 0 Å². The minimum atomic E-state index is -1.71. The summed E-state index contributed by atoms with van der Waals surface area (Å²) >= 11 is -1.71. The van der Waals surface area contributed by atoms with Gasteiger partial charge in [-0.25, -0.2) is 0 Å². The molecule has 0 aromatic heterocycles. The first-order chi connectivity index (χ1) is 5.41. The normalized spacial score (nSPS) is 14.8. The quantitative estimate of drug-likeness (QED) is 0.642. The van der Waals surface area contributed by atoms with Crippen LogP contribution in [0.2, 0.25) is 18.8 Å². The van der Waals surface area contributed by atoms with E-state index in [2.05, 4.69) is 51.4 Å². The van der Waals surface area contributed by atoms with Crippen molar-refractivity contribution in [1.29, 1.82) is 0 Å². The summed E-state index contributed by atoms with van der Waals surface area (Å²) in [6.45, 7) is 14.3. The third kappa shape index (κ3) is 9.11. The maximum absolute atomic E-state index is 2.60. The van der Waals surface area contributed by atoms with Crippen LogP contribution in [-0.2, 0) is 0 Å². The zero-order chi connectivity index (χ0) is 10.9. The second kappa shape index (κ2) is 4.12. The van der Waals surface area contributed by atoms with Crippen molar-refractivity contribution in [3.63, 3.8) is 0 Å². The van der Waals surface area contributed by atoms with Gasteiger partial charge in [0.05, 0.1) is 0 Å². The fourth-order valence-electron chi connectivity index (χ4n) is 2.93. The molecular weight excluding hydrogens is 263 g/mol. The molecule has 0 bridgehead atoms. The van der Waals surface area contributed by atoms with E-state index >= 15 is 0 Å². The Balaban J connectivity index is 4.25. The van der Waals surface area contributed by atoms with E-state index in [0.717, 1.165) is 0 Å². The van der Waals surface area contributed by atoms with Gasteiger partial charge in [-0.2, -0.15) is 0 Å². The Morgan fingerprint density at radius 2 is 0.923 bits per heavy atom. The molecule has 0 heterocycles. The van der Waals surface area contributed by atoms with E-state index in [4.69, 9.17) is 0 Å². The third-order valence-corrected chi connectivity index (χ3v) is 13.5. The van der Waals surface area contributed by atoms with Gasteiger partial charge in [0.25, 0.3) is 0 Å². The molecule has 0 aliphatic rings. The van der Waals surface area contributed by atoms with Crippen LogP contribution in [0.5, 0.6) is 0 Å². The Bertz CT molecular complexity index is 137. The molecule has 13 heavy (non-hydrogen) atoms. The van der Waals surface area contributed by atoms with Crippen molar-refractivity contribution >= 4 is 18.4 Å². The zero-order valence-electron chi connectivity index (χ0n) is 10.9. The van der Waals surface area contributed by atoms with Crippen molar-refractivity contribution in [2.24, 2.45) is 10.8 Å². The molecule has 0 nitrogen and oxygen atoms in total. The topological polar surface area (TPSA) is 0 Å². The molecule has 0 saturated heterocycles. The first-order valence-electron chi connectivity index (χ1n) is 5.41. The Hall–Kier alpha value is 0.799. The summed E-state index contributed by atoms with van der Waals surface area (Å²) in [5, 5.41) is 0. The fraction of sp³-hybridized carbons (Fsp3) is 1.00. The molecule has 0 aliphatic heterocycles. The Kier molecular flexibility index (Phi) is 4.37. The van der Waals surface area contributed by atoms with Crippen LogP contribution in [-0.4, -0.2) is 18.4 Å². The molecule has 0 aliphatic carbocycles. The van der Waals surface area contributed by atoms with Crippen LogP contribution in [0.3, 0.4) is 0 Å². The molecule has 0 saturated carbocycles. The van der Waals surface area contributed by atoms with Crippen LogP contribution >= 0.6 is 0 Å². The SMILES string of the molecule is CC(C)(C)[CH2][Sn]([CH3])([CH3])[CH2]C(C)(C)C. The Morgan fingerprint density at radius 3 is 1.08 bits per heavy atom. The monoisotopic (exact) mass is 292 g/mol. The van der Waals surface area contributed by atoms with Crippen molar-refractivity contribution in [2.45, 2.75) is 60.3 Å². The summed E-state index contributed by atoms with van der Waals surface area (Å²) in [6, 6.07) is 0. The summed E-state index contributed by atoms with van der Waals surface area (Å²) in [6.07, 6.45) is 0. The van der Waals surface area contributed by atoms with E-state index in [1.54, 1.807) is 0 Å². The van der Waals surface area contributed by atoms with E-state index in [1.807, 2.05) is 0 Å². The second-order valence-corrected chi connectivity index (χ2v) is 22.0. The van der Waals surface area contributed by atoms with E-state index < -0.39 is 18.4 Å². The summed E-state index contributed by atoms with van der Waals surface area (Å²) in [7, 11) is 0. The van der Waals surface area contributed by atoms with Crippen molar-refractivity contribution in [1.82, 2.24) is 0 Å². The Morgan fingerprint density at radius 1 is 0.692 bits per heavy atom. The molecular formula is C12H28Sn. The first-order valence-corrected chi connectivity index (χ1v) is 15.2. The van der Waals surface area contributed by atoms with Crippen molar-refractivity contribution in [3.8, 4) is 0 Å². The molecule has 0 aromatic carbocycles. The summed E-state index contributed by atoms with van der Waals surface area (Å²) in [5.74, 6) is 0. The van der Waals surface area contributed by atoms with Gasteiger partial charge in [-0.1, -0.05) is 0 Å². The average Bonchev–Trinajstić information content (AvgIpc) is 1.43. The predicted molar refractivity (Wildman–Crippen MR) is 66.0 cm³/mol. The first kappa shape index (κ1) is 13.8. The summed E-state index contributed by atoms with van der Waals surface area (Å²) < 4.78 is 3.03. The molecule has 0 atom stereocenters. The van der Waals surface area contributed by atoms with Gasteiger partial charge in [-0.15, -0.1) is 0 Å². The van der Waals surface area contributed by atoms with Gasteiger partial charge in [0.2, 0.25) is 0 Å². The maximum atomic E-state index is 2.60. The second-order valence-electron chi connectivity index (χ2n) is 7.64. The van der Waals surface area contributed by atoms with Gasteiger partial charge in [0, 0.05) is 0 Å². The molecule has 0 aromatic rings. The van der Waals surface area contributed by atoms with Crippen molar-refractivity contribution in [2.75, 3.05) is 0 Å². The average molecular weight is 291 g/mol. The van der Waals surface area contributed by atoms with Crippen LogP contribution in [0.1, 0.15) is 41.5 Å². The molecule has 0 fully saturated rings. The molecule has 0 rings (SSSR count). The van der Waals surface area contributed by atoms with Gasteiger partial charge in [-0.3, -0.25) is 0 Å². The third-order valence-electron chi connectivity index (χ3n) is 2.02. The molecule has 0 radical (unpaired) electrons. The number of hydrogen-bond donors (Lipinski definition) is 0. The molecule has 0 spiro atoms. The summed E-state index contributed by atoms with van der Waals surface area (Å²) in [4.78, 5) is 5.20. The van der Waals surface area contributed by atoms with Gasteiger partial charge >= 0.3 is 89.5 Å². The molecule has 0 unspecified atom stereocenters. The van der Waals surface area contributed by atoms with Gasteiger partial charge in [-0.05, 0) is 0 Å². The summed E-state index contributed by atoms with van der Waals surface area (Å²) in [5.41, 5.74) is 1.09. The van der Waals surface area contributed by atoms with Crippen LogP contribution < -0.4 is 0 Å². The van der Waals surface area contributed by atoms with Crippen molar-refractivity contribution < 1.29 is 0 Å². The van der Waals surface area contributed by atoms with Crippen LogP contribution in [0.4, 0.5) is 0 Å². The van der Waals surface area contributed by atoms with E-state index in [9.17, 15) is 0 Å². The van der Waals surface area contributed by atoms with E-state index in [0.29, 0.717) is 10.8 Å². The van der Waals surface area contributed by atoms with Crippen molar-refractivity contribution in [3.05, 3.63) is 0 Å². The minimum absolute atomic E-state index is 0.546. The van der Waals surface area contributed by atoms with Crippen LogP contribution in [0.15, 0.2) is 0 Å². The van der Waals surface area contributed by atoms with Gasteiger partial charge < -0.3 is 0 Å². The standard InChI is InChI=1S/2C5H11.2CH3.Sn/c2*1-5(2,3)4;;;/h2*1H2,2-4H3;2*1H3;. The van der Waals surface area contributed by atoms with Gasteiger partial charge in [0.15, 0.2) is 0 Å². The van der Waals surface area contributed by atoms with E-state index in [-0.39, 0.29) is 0 Å². The fourth-order valence-corrected chi connectivity index (χ4v) is 19.7. The number of rotatable bonds is 2. The zero-order valence-corrected chi connectivity index (χ0v) is 13.8. The number of hydrogen-bond acceptors (Lipinski definition) is 0. The molecule has 0 N–H and O–H groups in total. The molecule has 1 heteroatoms. The molecule has 0 amide bonds. The molecule has 80 valence electrons. The van der Waals surface area contributed by atoms with Crippen LogP contribution in [0, 0.1) is 10.8 Å². The van der Waals surface area contributed by atoms with Gasteiger partial charge in [0.1, 0.15) is 0 Å². The predicted octanol–water partition coefficient (Wildman–Crippen LogP) is 4.79. The Labute approximate surface area is 89.4 Å².